The van der Waals surface area contributed by atoms with Crippen LogP contribution in [0.2, 0.25) is 0 Å². The molecule has 158 valence electrons. The van der Waals surface area contributed by atoms with Crippen molar-refractivity contribution in [3.63, 3.8) is 0 Å². The summed E-state index contributed by atoms with van der Waals surface area (Å²) in [6, 6.07) is 0. The lowest BCUT2D eigenvalue weighted by atomic mass is 10.3. The van der Waals surface area contributed by atoms with E-state index >= 15 is 0 Å². The summed E-state index contributed by atoms with van der Waals surface area (Å²) < 4.78 is 15.9. The maximum absolute atomic E-state index is 5.28. The average Bonchev–Trinajstić information content (AvgIpc) is 2.73. The average molecular weight is 410 g/mol. The van der Waals surface area contributed by atoms with Gasteiger partial charge in [-0.3, -0.25) is 0 Å². The second-order valence-electron chi connectivity index (χ2n) is 6.31. The second-order valence-corrected chi connectivity index (χ2v) is 9.99. The molecule has 0 aliphatic heterocycles. The molecule has 0 amide bonds. The molecule has 1 heterocycles. The highest BCUT2D eigenvalue weighted by Crippen LogP contribution is 2.55. The van der Waals surface area contributed by atoms with Gasteiger partial charge in [0.25, 0.3) is 0 Å². The molecule has 0 aromatic carbocycles. The third-order valence-corrected chi connectivity index (χ3v) is 8.55. The Kier molecular flexibility index (Phi) is 13.7. The van der Waals surface area contributed by atoms with Crippen molar-refractivity contribution in [2.24, 2.45) is 0 Å². The van der Waals surface area contributed by atoms with E-state index in [0.29, 0.717) is 19.8 Å². The number of aromatic nitrogens is 3. The lowest BCUT2D eigenvalue weighted by molar-refractivity contribution is 0.244. The van der Waals surface area contributed by atoms with E-state index in [2.05, 4.69) is 34.7 Å². The molecule has 1 aromatic heterocycles. The SMILES string of the molecule is C=COCCCCS(CCCCOC=C)(CCCCOC=C)c1ncncn1. The monoisotopic (exact) mass is 409 g/mol. The van der Waals surface area contributed by atoms with E-state index < -0.39 is 10.0 Å². The smallest absolute Gasteiger partial charge is 0.173 e. The molecular formula is C21H35N3O3S. The molecule has 0 bridgehead atoms. The molecule has 0 saturated carbocycles. The summed E-state index contributed by atoms with van der Waals surface area (Å²) in [5, 5.41) is 0.974. The number of rotatable bonds is 19. The van der Waals surface area contributed by atoms with Gasteiger partial charge in [0.1, 0.15) is 12.7 Å². The highest BCUT2D eigenvalue weighted by Gasteiger charge is 2.28. The van der Waals surface area contributed by atoms with Crippen molar-refractivity contribution in [1.29, 1.82) is 0 Å². The first-order chi connectivity index (χ1) is 13.8. The van der Waals surface area contributed by atoms with E-state index in [4.69, 9.17) is 14.2 Å². The standard InChI is InChI=1S/C21H35N3O3S/c1-4-25-13-7-10-16-28(17-11-8-14-26-5-2,18-12-9-15-27-6-3)21-23-19-22-20-24-21/h4-6,19-20H,1-3,7-18H2. The van der Waals surface area contributed by atoms with Crippen LogP contribution in [0.25, 0.3) is 0 Å². The predicted octanol–water partition coefficient (Wildman–Crippen LogP) is 4.86. The van der Waals surface area contributed by atoms with Gasteiger partial charge >= 0.3 is 0 Å². The lowest BCUT2D eigenvalue weighted by Crippen LogP contribution is -2.18. The van der Waals surface area contributed by atoms with Crippen molar-refractivity contribution < 1.29 is 14.2 Å². The largest absolute Gasteiger partial charge is 0.502 e. The number of hydrogen-bond donors (Lipinski definition) is 0. The minimum Gasteiger partial charge on any atom is -0.502 e. The van der Waals surface area contributed by atoms with Gasteiger partial charge < -0.3 is 14.2 Å². The van der Waals surface area contributed by atoms with Crippen molar-refractivity contribution in [3.05, 3.63) is 51.2 Å². The molecule has 0 N–H and O–H groups in total. The van der Waals surface area contributed by atoms with Crippen LogP contribution in [-0.4, -0.2) is 52.0 Å². The van der Waals surface area contributed by atoms with Crippen LogP contribution in [0.1, 0.15) is 38.5 Å². The van der Waals surface area contributed by atoms with Gasteiger partial charge in [-0.25, -0.2) is 15.0 Å². The molecule has 0 atom stereocenters. The second kappa shape index (κ2) is 16.0. The number of ether oxygens (including phenoxy) is 3. The van der Waals surface area contributed by atoms with Gasteiger partial charge in [0.2, 0.25) is 0 Å². The minimum atomic E-state index is -1.14. The van der Waals surface area contributed by atoms with Crippen LogP contribution in [0.5, 0.6) is 0 Å². The first kappa shape index (κ1) is 24.0. The Morgan fingerprint density at radius 3 is 1.43 bits per heavy atom. The fraction of sp³-hybridized carbons (Fsp3) is 0.571. The topological polar surface area (TPSA) is 66.4 Å². The molecule has 0 radical (unpaired) electrons. The van der Waals surface area contributed by atoms with Gasteiger partial charge in [-0.15, -0.1) is 0 Å². The molecule has 0 fully saturated rings. The van der Waals surface area contributed by atoms with E-state index in [0.717, 1.165) is 60.9 Å². The van der Waals surface area contributed by atoms with Crippen LogP contribution < -0.4 is 0 Å². The van der Waals surface area contributed by atoms with Gasteiger partial charge in [-0.2, -0.15) is 10.0 Å². The van der Waals surface area contributed by atoms with Gasteiger partial charge in [-0.1, -0.05) is 19.7 Å². The predicted molar refractivity (Wildman–Crippen MR) is 116 cm³/mol. The molecule has 0 aliphatic rings. The Morgan fingerprint density at radius 2 is 1.07 bits per heavy atom. The highest BCUT2D eigenvalue weighted by molar-refractivity contribution is 8.33. The molecule has 28 heavy (non-hydrogen) atoms. The first-order valence-corrected chi connectivity index (χ1v) is 12.0. The van der Waals surface area contributed by atoms with Crippen molar-refractivity contribution in [1.82, 2.24) is 15.0 Å². The quantitative estimate of drug-likeness (QED) is 0.240. The van der Waals surface area contributed by atoms with Gasteiger partial charge in [0, 0.05) is 0 Å². The first-order valence-electron chi connectivity index (χ1n) is 9.85. The van der Waals surface area contributed by atoms with E-state index in [1.807, 2.05) is 0 Å². The summed E-state index contributed by atoms with van der Waals surface area (Å²) in [6.45, 7) is 12.9. The van der Waals surface area contributed by atoms with Crippen LogP contribution in [0.3, 0.4) is 0 Å². The van der Waals surface area contributed by atoms with Crippen LogP contribution >= 0.6 is 10.0 Å². The Morgan fingerprint density at radius 1 is 0.679 bits per heavy atom. The maximum Gasteiger partial charge on any atom is 0.173 e. The molecule has 0 saturated heterocycles. The summed E-state index contributed by atoms with van der Waals surface area (Å²) in [7, 11) is -1.14. The van der Waals surface area contributed by atoms with Crippen molar-refractivity contribution in [2.75, 3.05) is 37.1 Å². The van der Waals surface area contributed by atoms with E-state index in [1.54, 1.807) is 12.7 Å². The third kappa shape index (κ3) is 9.78. The number of unbranched alkanes of at least 4 members (excludes halogenated alkanes) is 3. The number of nitrogens with zero attached hydrogens (tertiary/aromatic N) is 3. The van der Waals surface area contributed by atoms with Gasteiger partial charge in [0.15, 0.2) is 5.16 Å². The maximum atomic E-state index is 5.28. The van der Waals surface area contributed by atoms with Crippen LogP contribution in [-0.2, 0) is 14.2 Å². The summed E-state index contributed by atoms with van der Waals surface area (Å²) in [6.07, 6.45) is 14.0. The Labute approximate surface area is 171 Å². The van der Waals surface area contributed by atoms with E-state index in [-0.39, 0.29) is 0 Å². The van der Waals surface area contributed by atoms with E-state index in [1.165, 1.54) is 18.8 Å². The Hall–Kier alpha value is -2.02. The minimum absolute atomic E-state index is 0.705. The zero-order valence-electron chi connectivity index (χ0n) is 17.0. The number of hydrogen-bond acceptors (Lipinski definition) is 6. The molecule has 0 aliphatic carbocycles. The molecule has 0 spiro atoms. The summed E-state index contributed by atoms with van der Waals surface area (Å²) in [4.78, 5) is 13.2. The van der Waals surface area contributed by atoms with Crippen LogP contribution in [0.15, 0.2) is 56.3 Å². The molecule has 0 unspecified atom stereocenters. The van der Waals surface area contributed by atoms with Gasteiger partial charge in [-0.05, 0) is 55.8 Å². The van der Waals surface area contributed by atoms with Gasteiger partial charge in [0.05, 0.1) is 38.6 Å². The Bertz CT molecular complexity index is 497. The summed E-state index contributed by atoms with van der Waals surface area (Å²) >= 11 is 0. The summed E-state index contributed by atoms with van der Waals surface area (Å²) in [5.74, 6) is 3.30. The van der Waals surface area contributed by atoms with Crippen LogP contribution in [0, 0.1) is 0 Å². The molecule has 1 rings (SSSR count). The van der Waals surface area contributed by atoms with E-state index in [9.17, 15) is 0 Å². The highest BCUT2D eigenvalue weighted by atomic mass is 32.3. The van der Waals surface area contributed by atoms with Crippen molar-refractivity contribution >= 4 is 10.0 Å². The molecule has 7 heteroatoms. The fourth-order valence-corrected chi connectivity index (χ4v) is 6.95. The molecule has 1 aromatic rings. The van der Waals surface area contributed by atoms with Crippen LogP contribution in [0.4, 0.5) is 0 Å². The normalized spacial score (nSPS) is 11.4. The third-order valence-electron chi connectivity index (χ3n) is 4.35. The Balaban J connectivity index is 2.80. The fourth-order valence-electron chi connectivity index (χ4n) is 2.97. The van der Waals surface area contributed by atoms with Crippen molar-refractivity contribution in [3.8, 4) is 0 Å². The molecule has 6 nitrogen and oxygen atoms in total. The zero-order valence-corrected chi connectivity index (χ0v) is 17.8. The zero-order chi connectivity index (χ0) is 20.3. The molecular weight excluding hydrogens is 374 g/mol. The lowest BCUT2D eigenvalue weighted by Gasteiger charge is -2.38. The van der Waals surface area contributed by atoms with Crippen molar-refractivity contribution in [2.45, 2.75) is 43.7 Å². The summed E-state index contributed by atoms with van der Waals surface area (Å²) in [5.41, 5.74) is 0.